The number of nitrogens with one attached hydrogen (secondary N) is 1. The molecule has 0 saturated carbocycles. The van der Waals surface area contributed by atoms with Crippen molar-refractivity contribution in [1.29, 1.82) is 0 Å². The van der Waals surface area contributed by atoms with E-state index in [-0.39, 0.29) is 15.8 Å². The molecule has 2 aromatic rings. The third-order valence-corrected chi connectivity index (χ3v) is 7.38. The predicted molar refractivity (Wildman–Crippen MR) is 102 cm³/mol. The second kappa shape index (κ2) is 6.23. The van der Waals surface area contributed by atoms with E-state index in [1.165, 1.54) is 0 Å². The number of hydrogen-bond acceptors (Lipinski definition) is 5. The minimum Gasteiger partial charge on any atom is -0.340 e. The highest BCUT2D eigenvalue weighted by molar-refractivity contribution is 7.86. The van der Waals surface area contributed by atoms with Gasteiger partial charge in [-0.25, -0.2) is 4.68 Å². The average molecular weight is 366 g/mol. The number of fused-ring (bicyclic) bond motifs is 1. The molecule has 2 aromatic heterocycles. The van der Waals surface area contributed by atoms with Crippen molar-refractivity contribution in [2.45, 2.75) is 57.7 Å². The van der Waals surface area contributed by atoms with E-state index in [1.807, 2.05) is 20.8 Å². The molecule has 0 aromatic carbocycles. The SMILES string of the molecule is CCC1(CC)CN(c2nc3c(cnn3C(C)(C)C)c(=O)[nH]2)CCS1=O. The lowest BCUT2D eigenvalue weighted by atomic mass is 10.0. The molecular weight excluding hydrogens is 338 g/mol. The lowest BCUT2D eigenvalue weighted by Gasteiger charge is -2.41. The summed E-state index contributed by atoms with van der Waals surface area (Å²) in [5.74, 6) is 1.15. The van der Waals surface area contributed by atoms with Crippen molar-refractivity contribution in [2.24, 2.45) is 0 Å². The molecule has 1 saturated heterocycles. The Bertz CT molecular complexity index is 860. The average Bonchev–Trinajstić information content (AvgIpc) is 3.00. The number of anilines is 1. The Kier molecular flexibility index (Phi) is 4.51. The molecule has 0 amide bonds. The largest absolute Gasteiger partial charge is 0.340 e. The summed E-state index contributed by atoms with van der Waals surface area (Å²) < 4.78 is 14.1. The van der Waals surface area contributed by atoms with Crippen LogP contribution in [0.2, 0.25) is 0 Å². The van der Waals surface area contributed by atoms with E-state index in [4.69, 9.17) is 4.98 Å². The Labute approximate surface area is 150 Å². The van der Waals surface area contributed by atoms with E-state index in [9.17, 15) is 9.00 Å². The van der Waals surface area contributed by atoms with Gasteiger partial charge in [0, 0.05) is 29.6 Å². The third-order valence-electron chi connectivity index (χ3n) is 5.16. The summed E-state index contributed by atoms with van der Waals surface area (Å²) in [7, 11) is -0.853. The highest BCUT2D eigenvalue weighted by Gasteiger charge is 2.39. The van der Waals surface area contributed by atoms with Crippen LogP contribution in [0.4, 0.5) is 5.95 Å². The zero-order valence-electron chi connectivity index (χ0n) is 15.6. The fourth-order valence-corrected chi connectivity index (χ4v) is 5.20. The van der Waals surface area contributed by atoms with Crippen LogP contribution in [0.5, 0.6) is 0 Å². The molecular formula is C17H27N5O2S. The Balaban J connectivity index is 2.07. The van der Waals surface area contributed by atoms with Crippen LogP contribution in [-0.2, 0) is 16.3 Å². The first kappa shape index (κ1) is 18.1. The molecule has 1 N–H and O–H groups in total. The quantitative estimate of drug-likeness (QED) is 0.899. The number of aromatic amines is 1. The molecule has 25 heavy (non-hydrogen) atoms. The van der Waals surface area contributed by atoms with Gasteiger partial charge in [0.05, 0.1) is 16.5 Å². The molecule has 3 heterocycles. The fraction of sp³-hybridized carbons (Fsp3) is 0.706. The zero-order valence-corrected chi connectivity index (χ0v) is 16.4. The minimum atomic E-state index is -0.853. The first-order valence-electron chi connectivity index (χ1n) is 8.84. The molecule has 7 nitrogen and oxygen atoms in total. The predicted octanol–water partition coefficient (Wildman–Crippen LogP) is 2.00. The molecule has 8 heteroatoms. The van der Waals surface area contributed by atoms with E-state index in [0.717, 1.165) is 12.8 Å². The monoisotopic (exact) mass is 365 g/mol. The van der Waals surface area contributed by atoms with Gasteiger partial charge >= 0.3 is 0 Å². The summed E-state index contributed by atoms with van der Waals surface area (Å²) in [5.41, 5.74) is 0.150. The van der Waals surface area contributed by atoms with Gasteiger partial charge in [-0.2, -0.15) is 10.1 Å². The first-order chi connectivity index (χ1) is 11.7. The Hall–Kier alpha value is -1.70. The van der Waals surface area contributed by atoms with Gasteiger partial charge in [-0.3, -0.25) is 14.0 Å². The van der Waals surface area contributed by atoms with Gasteiger partial charge < -0.3 is 4.90 Å². The van der Waals surface area contributed by atoms with Crippen LogP contribution >= 0.6 is 0 Å². The van der Waals surface area contributed by atoms with E-state index in [1.54, 1.807) is 10.9 Å². The minimum absolute atomic E-state index is 0.180. The smallest absolute Gasteiger partial charge is 0.263 e. The van der Waals surface area contributed by atoms with E-state index >= 15 is 0 Å². The van der Waals surface area contributed by atoms with Gasteiger partial charge in [-0.05, 0) is 33.6 Å². The first-order valence-corrected chi connectivity index (χ1v) is 10.2. The topological polar surface area (TPSA) is 83.9 Å². The molecule has 0 spiro atoms. The lowest BCUT2D eigenvalue weighted by molar-refractivity contribution is 0.366. The zero-order chi connectivity index (χ0) is 18.4. The molecule has 1 fully saturated rings. The molecule has 138 valence electrons. The maximum absolute atomic E-state index is 12.6. The van der Waals surface area contributed by atoms with Crippen molar-refractivity contribution in [1.82, 2.24) is 19.7 Å². The van der Waals surface area contributed by atoms with Crippen LogP contribution in [0.3, 0.4) is 0 Å². The summed E-state index contributed by atoms with van der Waals surface area (Å²) in [4.78, 5) is 22.2. The van der Waals surface area contributed by atoms with Crippen LogP contribution in [0.15, 0.2) is 11.0 Å². The molecule has 0 bridgehead atoms. The van der Waals surface area contributed by atoms with Crippen molar-refractivity contribution in [3.05, 3.63) is 16.6 Å². The molecule has 3 rings (SSSR count). The standard InChI is InChI=1S/C17H27N5O2S/c1-6-17(7-2)11-21(8-9-25(17)24)15-19-13-12(14(23)20-15)10-18-22(13)16(3,4)5/h10H,6-9,11H2,1-5H3,(H,19,20,23). The van der Waals surface area contributed by atoms with Gasteiger partial charge in [-0.1, -0.05) is 13.8 Å². The molecule has 1 aliphatic rings. The van der Waals surface area contributed by atoms with Gasteiger partial charge in [0.15, 0.2) is 5.65 Å². The van der Waals surface area contributed by atoms with E-state index < -0.39 is 10.8 Å². The van der Waals surface area contributed by atoms with Crippen molar-refractivity contribution in [2.75, 3.05) is 23.7 Å². The Morgan fingerprint density at radius 2 is 2.00 bits per heavy atom. The van der Waals surface area contributed by atoms with Crippen LogP contribution in [0.25, 0.3) is 11.0 Å². The van der Waals surface area contributed by atoms with Gasteiger partial charge in [0.1, 0.15) is 5.39 Å². The second-order valence-corrected chi connectivity index (χ2v) is 9.68. The van der Waals surface area contributed by atoms with E-state index in [2.05, 4.69) is 28.8 Å². The van der Waals surface area contributed by atoms with Crippen molar-refractivity contribution >= 4 is 27.8 Å². The van der Waals surface area contributed by atoms with Crippen molar-refractivity contribution in [3.8, 4) is 0 Å². The molecule has 0 aliphatic carbocycles. The summed E-state index contributed by atoms with van der Waals surface area (Å²) in [6, 6.07) is 0. The van der Waals surface area contributed by atoms with Gasteiger partial charge in [-0.15, -0.1) is 0 Å². The van der Waals surface area contributed by atoms with Crippen LogP contribution in [-0.4, -0.2) is 47.5 Å². The number of rotatable bonds is 3. The normalized spacial score (nSPS) is 21.0. The maximum Gasteiger partial charge on any atom is 0.263 e. The summed E-state index contributed by atoms with van der Waals surface area (Å²) >= 11 is 0. The van der Waals surface area contributed by atoms with Crippen LogP contribution in [0.1, 0.15) is 47.5 Å². The third kappa shape index (κ3) is 3.01. The number of hydrogen-bond donors (Lipinski definition) is 1. The Morgan fingerprint density at radius 1 is 1.32 bits per heavy atom. The van der Waals surface area contributed by atoms with Crippen molar-refractivity contribution in [3.63, 3.8) is 0 Å². The summed E-state index contributed by atoms with van der Waals surface area (Å²) in [5, 5.41) is 4.85. The lowest BCUT2D eigenvalue weighted by Crippen LogP contribution is -2.53. The van der Waals surface area contributed by atoms with Crippen LogP contribution < -0.4 is 10.5 Å². The molecule has 1 unspecified atom stereocenters. The van der Waals surface area contributed by atoms with Crippen molar-refractivity contribution < 1.29 is 4.21 Å². The van der Waals surface area contributed by atoms with Crippen LogP contribution in [0, 0.1) is 0 Å². The summed E-state index contributed by atoms with van der Waals surface area (Å²) in [6.45, 7) is 11.5. The second-order valence-electron chi connectivity index (χ2n) is 7.72. The van der Waals surface area contributed by atoms with Gasteiger partial charge in [0.2, 0.25) is 5.95 Å². The number of aromatic nitrogens is 4. The maximum atomic E-state index is 12.6. The molecule has 0 radical (unpaired) electrons. The number of H-pyrrole nitrogens is 1. The highest BCUT2D eigenvalue weighted by atomic mass is 32.2. The Morgan fingerprint density at radius 3 is 2.60 bits per heavy atom. The highest BCUT2D eigenvalue weighted by Crippen LogP contribution is 2.30. The molecule has 1 aliphatic heterocycles. The fourth-order valence-electron chi connectivity index (χ4n) is 3.43. The summed E-state index contributed by atoms with van der Waals surface area (Å²) in [6.07, 6.45) is 3.27. The molecule has 1 atom stereocenters. The number of nitrogens with zero attached hydrogens (tertiary/aromatic N) is 4. The van der Waals surface area contributed by atoms with E-state index in [0.29, 0.717) is 35.8 Å². The van der Waals surface area contributed by atoms with Gasteiger partial charge in [0.25, 0.3) is 5.56 Å².